The smallest absolute Gasteiger partial charge is 0.326 e. The second-order valence-electron chi connectivity index (χ2n) is 10.7. The van der Waals surface area contributed by atoms with Crippen molar-refractivity contribution < 1.29 is 58.5 Å². The van der Waals surface area contributed by atoms with E-state index in [9.17, 15) is 53.4 Å². The number of aliphatic carboxylic acids is 2. The van der Waals surface area contributed by atoms with Gasteiger partial charge in [0.25, 0.3) is 0 Å². The molecule has 20 nitrogen and oxygen atoms in total. The molecule has 0 aliphatic rings. The monoisotopic (exact) mass is 680 g/mol. The van der Waals surface area contributed by atoms with E-state index < -0.39 is 128 Å². The van der Waals surface area contributed by atoms with Crippen LogP contribution < -0.4 is 44.2 Å². The minimum atomic E-state index is -1.80. The summed E-state index contributed by atoms with van der Waals surface area (Å²) in [5.74, 6) is -10.1. The van der Waals surface area contributed by atoms with Crippen LogP contribution in [-0.4, -0.2) is 98.8 Å². The fourth-order valence-electron chi connectivity index (χ4n) is 4.12. The summed E-state index contributed by atoms with van der Waals surface area (Å²) in [6.07, 6.45) is -3.74. The zero-order chi connectivity index (χ0) is 36.6. The van der Waals surface area contributed by atoms with Crippen LogP contribution in [0, 0.1) is 0 Å². The largest absolute Gasteiger partial charge is 0.508 e. The molecule has 0 aromatic heterocycles. The van der Waals surface area contributed by atoms with Crippen LogP contribution in [0.25, 0.3) is 0 Å². The van der Waals surface area contributed by atoms with Gasteiger partial charge in [0.1, 0.15) is 29.9 Å². The summed E-state index contributed by atoms with van der Waals surface area (Å²) in [5, 5.41) is 36.8. The van der Waals surface area contributed by atoms with Crippen LogP contribution in [0.5, 0.6) is 5.75 Å². The predicted molar refractivity (Wildman–Crippen MR) is 163 cm³/mol. The predicted octanol–water partition coefficient (Wildman–Crippen LogP) is -4.44. The van der Waals surface area contributed by atoms with E-state index in [1.165, 1.54) is 24.3 Å². The number of hydrogen-bond acceptors (Lipinski definition) is 11. The van der Waals surface area contributed by atoms with Crippen molar-refractivity contribution in [3.05, 3.63) is 29.8 Å². The maximum atomic E-state index is 13.3. The number of carboxylic acid groups (broad SMARTS) is 2. The number of nitrogens with two attached hydrogens (primary N) is 4. The van der Waals surface area contributed by atoms with Crippen molar-refractivity contribution in [2.24, 2.45) is 22.9 Å². The Balaban J connectivity index is 3.21. The third-order valence-corrected chi connectivity index (χ3v) is 6.65. The molecule has 7 amide bonds. The Morgan fingerprint density at radius 1 is 0.583 bits per heavy atom. The molecule has 48 heavy (non-hydrogen) atoms. The van der Waals surface area contributed by atoms with Gasteiger partial charge >= 0.3 is 11.9 Å². The molecular formula is C28H40N8O12. The van der Waals surface area contributed by atoms with Crippen molar-refractivity contribution in [3.63, 3.8) is 0 Å². The molecule has 0 heterocycles. The highest BCUT2D eigenvalue weighted by molar-refractivity contribution is 5.96. The average molecular weight is 681 g/mol. The molecular weight excluding hydrogens is 640 g/mol. The number of phenolic OH excluding ortho intramolecular Hbond substituents is 1. The van der Waals surface area contributed by atoms with Crippen molar-refractivity contribution in [2.45, 2.75) is 81.6 Å². The molecule has 1 rings (SSSR count). The summed E-state index contributed by atoms with van der Waals surface area (Å²) in [5.41, 5.74) is 21.9. The molecule has 0 saturated heterocycles. The number of benzene rings is 1. The van der Waals surface area contributed by atoms with Crippen molar-refractivity contribution in [2.75, 3.05) is 0 Å². The Morgan fingerprint density at radius 3 is 1.35 bits per heavy atom. The normalized spacial score (nSPS) is 13.8. The number of phenols is 1. The zero-order valence-electron chi connectivity index (χ0n) is 25.7. The Labute approximate surface area is 273 Å². The lowest BCUT2D eigenvalue weighted by Crippen LogP contribution is -2.59. The summed E-state index contributed by atoms with van der Waals surface area (Å²) in [7, 11) is 0. The SMILES string of the molecule is NC(=O)CC[C@H](NC(=O)[C@H](CCC(N)=O)NC(=O)[C@H](CCC(=O)O)NC(=O)[C@@H](N)Cc1ccc(O)cc1)C(=O)N[C@@H](CC(N)=O)C(=O)O. The van der Waals surface area contributed by atoms with Crippen molar-refractivity contribution >= 4 is 53.3 Å². The molecule has 15 N–H and O–H groups in total. The highest BCUT2D eigenvalue weighted by Crippen LogP contribution is 2.12. The number of primary amides is 3. The summed E-state index contributed by atoms with van der Waals surface area (Å²) in [6, 6.07) is -2.10. The lowest BCUT2D eigenvalue weighted by molar-refractivity contribution is -0.144. The van der Waals surface area contributed by atoms with E-state index >= 15 is 0 Å². The summed E-state index contributed by atoms with van der Waals surface area (Å²) in [4.78, 5) is 109. The van der Waals surface area contributed by atoms with Gasteiger partial charge in [-0.25, -0.2) is 4.79 Å². The van der Waals surface area contributed by atoms with Crippen LogP contribution in [0.15, 0.2) is 24.3 Å². The van der Waals surface area contributed by atoms with Gasteiger partial charge < -0.3 is 59.5 Å². The Hall–Kier alpha value is -5.79. The molecule has 1 aromatic rings. The third-order valence-electron chi connectivity index (χ3n) is 6.65. The second kappa shape index (κ2) is 19.7. The van der Waals surface area contributed by atoms with E-state index in [0.717, 1.165) is 0 Å². The molecule has 0 aliphatic heterocycles. The van der Waals surface area contributed by atoms with Crippen LogP contribution in [0.2, 0.25) is 0 Å². The van der Waals surface area contributed by atoms with Crippen LogP contribution >= 0.6 is 0 Å². The first-order valence-corrected chi connectivity index (χ1v) is 14.4. The van der Waals surface area contributed by atoms with Gasteiger partial charge in [-0.2, -0.15) is 0 Å². The molecule has 5 atom stereocenters. The molecule has 0 spiro atoms. The number of amides is 7. The van der Waals surface area contributed by atoms with E-state index in [-0.39, 0.29) is 12.2 Å². The number of rotatable bonds is 22. The minimum absolute atomic E-state index is 0.0236. The number of carbonyl (C=O) groups is 9. The number of carboxylic acids is 2. The maximum Gasteiger partial charge on any atom is 0.326 e. The summed E-state index contributed by atoms with van der Waals surface area (Å²) >= 11 is 0. The van der Waals surface area contributed by atoms with Gasteiger partial charge in [-0.05, 0) is 43.4 Å². The Bertz CT molecular complexity index is 1370. The third kappa shape index (κ3) is 15.5. The first-order chi connectivity index (χ1) is 22.4. The molecule has 20 heteroatoms. The molecule has 0 aliphatic carbocycles. The summed E-state index contributed by atoms with van der Waals surface area (Å²) < 4.78 is 0. The van der Waals surface area contributed by atoms with Gasteiger partial charge in [0.05, 0.1) is 12.5 Å². The molecule has 264 valence electrons. The topological polar surface area (TPSA) is 367 Å². The highest BCUT2D eigenvalue weighted by atomic mass is 16.4. The van der Waals surface area contributed by atoms with Crippen molar-refractivity contribution in [1.82, 2.24) is 21.3 Å². The Kier molecular flexibility index (Phi) is 16.5. The van der Waals surface area contributed by atoms with Gasteiger partial charge in [-0.1, -0.05) is 12.1 Å². The lowest BCUT2D eigenvalue weighted by Gasteiger charge is -2.26. The number of hydrogen-bond donors (Lipinski definition) is 11. The van der Waals surface area contributed by atoms with E-state index in [1.807, 2.05) is 5.32 Å². The Morgan fingerprint density at radius 2 is 0.979 bits per heavy atom. The standard InChI is InChI=1S/C28H40N8O12/c29-15(11-13-1-3-14(37)4-2-13)24(43)33-18(7-10-23(41)42)26(45)34-16(5-8-20(30)38)25(44)35-17(6-9-21(31)39)27(46)36-19(28(47)48)12-22(32)40/h1-4,15-19,37H,5-12,29H2,(H2,30,38)(H2,31,39)(H2,32,40)(H,33,43)(H,34,45)(H,35,44)(H,36,46)(H,41,42)(H,47,48)/t15-,16-,17-,18-,19-/m0/s1. The number of nitrogens with one attached hydrogen (secondary N) is 4. The molecule has 0 fully saturated rings. The molecule has 0 radical (unpaired) electrons. The van der Waals surface area contributed by atoms with Gasteiger partial charge in [0.15, 0.2) is 0 Å². The second-order valence-corrected chi connectivity index (χ2v) is 10.7. The first-order valence-electron chi connectivity index (χ1n) is 14.4. The summed E-state index contributed by atoms with van der Waals surface area (Å²) in [6.45, 7) is 0. The van der Waals surface area contributed by atoms with Gasteiger partial charge in [-0.15, -0.1) is 0 Å². The van der Waals surface area contributed by atoms with Crippen molar-refractivity contribution in [1.29, 1.82) is 0 Å². The van der Waals surface area contributed by atoms with Crippen LogP contribution in [0.3, 0.4) is 0 Å². The van der Waals surface area contributed by atoms with E-state index in [2.05, 4.69) is 16.0 Å². The first kappa shape index (κ1) is 40.2. The van der Waals surface area contributed by atoms with E-state index in [4.69, 9.17) is 28.0 Å². The molecule has 0 bridgehead atoms. The van der Waals surface area contributed by atoms with Crippen LogP contribution in [0.4, 0.5) is 0 Å². The number of aromatic hydroxyl groups is 1. The molecule has 1 aromatic carbocycles. The average Bonchev–Trinajstić information content (AvgIpc) is 2.99. The minimum Gasteiger partial charge on any atom is -0.508 e. The molecule has 0 saturated carbocycles. The van der Waals surface area contributed by atoms with Gasteiger partial charge in [-0.3, -0.25) is 38.4 Å². The fraction of sp³-hybridized carbons (Fsp3) is 0.464. The fourth-order valence-corrected chi connectivity index (χ4v) is 4.12. The quantitative estimate of drug-likeness (QED) is 0.0551. The van der Waals surface area contributed by atoms with Gasteiger partial charge in [0.2, 0.25) is 41.4 Å². The van der Waals surface area contributed by atoms with Gasteiger partial charge in [0, 0.05) is 19.3 Å². The van der Waals surface area contributed by atoms with Crippen LogP contribution in [0.1, 0.15) is 50.5 Å². The lowest BCUT2D eigenvalue weighted by atomic mass is 10.0. The molecule has 0 unspecified atom stereocenters. The zero-order valence-corrected chi connectivity index (χ0v) is 25.7. The van der Waals surface area contributed by atoms with Crippen molar-refractivity contribution in [3.8, 4) is 5.75 Å². The van der Waals surface area contributed by atoms with E-state index in [0.29, 0.717) is 5.56 Å². The van der Waals surface area contributed by atoms with Crippen LogP contribution in [-0.2, 0) is 49.6 Å². The number of carbonyl (C=O) groups excluding carboxylic acids is 7. The van der Waals surface area contributed by atoms with E-state index in [1.54, 1.807) is 0 Å². The highest BCUT2D eigenvalue weighted by Gasteiger charge is 2.32. The maximum absolute atomic E-state index is 13.3.